The molecule has 0 saturated carbocycles. The number of benzene rings is 2. The summed E-state index contributed by atoms with van der Waals surface area (Å²) < 4.78 is 71.5. The number of aromatic nitrogens is 4. The van der Waals surface area contributed by atoms with E-state index in [2.05, 4.69) is 20.4 Å². The first-order valence-electron chi connectivity index (χ1n) is 15.5. The predicted octanol–water partition coefficient (Wildman–Crippen LogP) is 5.47. The monoisotopic (exact) mass is 669 g/mol. The number of carboxylic acid groups (broad SMARTS) is 1. The van der Waals surface area contributed by atoms with Crippen LogP contribution in [0.2, 0.25) is 0 Å². The van der Waals surface area contributed by atoms with Crippen LogP contribution in [-0.2, 0) is 4.79 Å². The molecule has 2 fully saturated rings. The number of nitrogens with two attached hydrogens (primary N) is 1. The summed E-state index contributed by atoms with van der Waals surface area (Å²) in [6.45, 7) is 5.36. The van der Waals surface area contributed by atoms with Crippen LogP contribution in [0.15, 0.2) is 54.7 Å². The van der Waals surface area contributed by atoms with Gasteiger partial charge in [-0.15, -0.1) is 0 Å². The standard InChI is InChI=1S/C33H35F4N7O4/c1-3-47-23-13-21(12-22(34)15-23)20-4-5-24(26(14-20)44-9-6-19(2)42-44)29(33(35,36)37)48-28-16-27(40-31(38)41-28)43-10-7-32(8-11-43)17-25(30(45)46)39-18-32/h4-6,9,12-16,25,29,39H,3,7-8,10-11,17-18H2,1-2H3,(H,45,46)(H2,38,40,41)/t25?,29-/m1/s1. The van der Waals surface area contributed by atoms with E-state index in [0.717, 1.165) is 0 Å². The summed E-state index contributed by atoms with van der Waals surface area (Å²) in [4.78, 5) is 21.6. The SMILES string of the molecule is CCOc1cc(F)cc(-c2ccc([C@@H](Oc3cc(N4CCC5(CC4)CNC(C(=O)O)C5)nc(N)n3)C(F)(F)F)c(-n3ccc(C)n3)c2)c1. The second-order valence-electron chi connectivity index (χ2n) is 12.2. The number of nitrogens with zero attached hydrogens (tertiary/aromatic N) is 5. The van der Waals surface area contributed by atoms with Crippen molar-refractivity contribution < 1.29 is 36.9 Å². The van der Waals surface area contributed by atoms with Crippen molar-refractivity contribution in [1.82, 2.24) is 25.1 Å². The zero-order valence-electron chi connectivity index (χ0n) is 26.3. The van der Waals surface area contributed by atoms with Crippen LogP contribution in [0.5, 0.6) is 11.6 Å². The van der Waals surface area contributed by atoms with Crippen molar-refractivity contribution in [2.24, 2.45) is 5.41 Å². The molecule has 15 heteroatoms. The third-order valence-corrected chi connectivity index (χ3v) is 8.85. The Morgan fingerprint density at radius 2 is 1.90 bits per heavy atom. The molecule has 4 N–H and O–H groups in total. The predicted molar refractivity (Wildman–Crippen MR) is 169 cm³/mol. The summed E-state index contributed by atoms with van der Waals surface area (Å²) >= 11 is 0. The number of carbonyl (C=O) groups is 1. The lowest BCUT2D eigenvalue weighted by molar-refractivity contribution is -0.198. The van der Waals surface area contributed by atoms with Crippen LogP contribution in [0.25, 0.3) is 16.8 Å². The lowest BCUT2D eigenvalue weighted by atomic mass is 9.76. The average Bonchev–Trinajstić information content (AvgIpc) is 3.66. The van der Waals surface area contributed by atoms with Gasteiger partial charge in [0.05, 0.1) is 18.0 Å². The minimum absolute atomic E-state index is 0.0681. The topological polar surface area (TPSA) is 141 Å². The van der Waals surface area contributed by atoms with Crippen LogP contribution in [-0.4, -0.2) is 69.3 Å². The van der Waals surface area contributed by atoms with Crippen LogP contribution in [0.1, 0.15) is 43.5 Å². The summed E-state index contributed by atoms with van der Waals surface area (Å²) in [5, 5.41) is 16.8. The van der Waals surface area contributed by atoms with Gasteiger partial charge in [0.25, 0.3) is 0 Å². The smallest absolute Gasteiger partial charge is 0.429 e. The Balaban J connectivity index is 1.32. The van der Waals surface area contributed by atoms with Crippen molar-refractivity contribution in [1.29, 1.82) is 0 Å². The Kier molecular flexibility index (Phi) is 8.90. The molecule has 6 rings (SSSR count). The molecule has 2 aromatic heterocycles. The zero-order chi connectivity index (χ0) is 34.2. The van der Waals surface area contributed by atoms with Gasteiger partial charge in [0.2, 0.25) is 17.9 Å². The van der Waals surface area contributed by atoms with E-state index >= 15 is 0 Å². The van der Waals surface area contributed by atoms with E-state index in [9.17, 15) is 27.5 Å². The van der Waals surface area contributed by atoms with Gasteiger partial charge in [0.15, 0.2) is 0 Å². The molecule has 1 unspecified atom stereocenters. The Morgan fingerprint density at radius 3 is 2.54 bits per heavy atom. The molecule has 2 aliphatic heterocycles. The third kappa shape index (κ3) is 7.00. The zero-order valence-corrected chi connectivity index (χ0v) is 26.3. The Morgan fingerprint density at radius 1 is 1.12 bits per heavy atom. The van der Waals surface area contributed by atoms with E-state index in [4.69, 9.17) is 15.2 Å². The molecule has 11 nitrogen and oxygen atoms in total. The number of hydrogen-bond donors (Lipinski definition) is 3. The lowest BCUT2D eigenvalue weighted by Crippen LogP contribution is -2.41. The Bertz CT molecular complexity index is 1810. The Labute approximate surface area is 273 Å². The maximum absolute atomic E-state index is 14.9. The van der Waals surface area contributed by atoms with Gasteiger partial charge in [-0.3, -0.25) is 4.79 Å². The number of anilines is 2. The van der Waals surface area contributed by atoms with Crippen LogP contribution < -0.4 is 25.4 Å². The molecule has 0 aliphatic carbocycles. The highest BCUT2D eigenvalue weighted by Gasteiger charge is 2.46. The van der Waals surface area contributed by atoms with Gasteiger partial charge in [0.1, 0.15) is 23.4 Å². The molecule has 254 valence electrons. The first-order valence-corrected chi connectivity index (χ1v) is 15.5. The van der Waals surface area contributed by atoms with Gasteiger partial charge < -0.3 is 30.5 Å². The number of hydrogen-bond acceptors (Lipinski definition) is 9. The molecule has 0 bridgehead atoms. The largest absolute Gasteiger partial charge is 0.494 e. The highest BCUT2D eigenvalue weighted by atomic mass is 19.4. The normalized spacial score (nSPS) is 18.2. The molecule has 2 aliphatic rings. The maximum atomic E-state index is 14.9. The highest BCUT2D eigenvalue weighted by Crippen LogP contribution is 2.43. The van der Waals surface area contributed by atoms with Crippen molar-refractivity contribution in [3.05, 3.63) is 71.8 Å². The molecule has 2 aromatic carbocycles. The number of aryl methyl sites for hydroxylation is 1. The maximum Gasteiger partial charge on any atom is 0.429 e. The number of aliphatic carboxylic acids is 1. The van der Waals surface area contributed by atoms with Gasteiger partial charge in [-0.25, -0.2) is 9.07 Å². The van der Waals surface area contributed by atoms with Gasteiger partial charge >= 0.3 is 12.1 Å². The number of alkyl halides is 3. The van der Waals surface area contributed by atoms with Crippen molar-refractivity contribution in [3.63, 3.8) is 0 Å². The van der Waals surface area contributed by atoms with Crippen LogP contribution >= 0.6 is 0 Å². The number of rotatable bonds is 9. The summed E-state index contributed by atoms with van der Waals surface area (Å²) in [5.74, 6) is -1.47. The van der Waals surface area contributed by atoms with Gasteiger partial charge in [-0.05, 0) is 73.9 Å². The first kappa shape index (κ1) is 33.0. The number of carboxylic acids is 1. The third-order valence-electron chi connectivity index (χ3n) is 8.85. The molecule has 48 heavy (non-hydrogen) atoms. The van der Waals surface area contributed by atoms with Crippen molar-refractivity contribution in [2.45, 2.75) is 51.4 Å². The van der Waals surface area contributed by atoms with Crippen LogP contribution in [0, 0.1) is 18.2 Å². The molecule has 2 atom stereocenters. The molecular weight excluding hydrogens is 634 g/mol. The number of nitrogen functional groups attached to an aromatic ring is 1. The minimum Gasteiger partial charge on any atom is -0.494 e. The highest BCUT2D eigenvalue weighted by molar-refractivity contribution is 5.74. The number of piperidine rings is 1. The quantitative estimate of drug-likeness (QED) is 0.197. The summed E-state index contributed by atoms with van der Waals surface area (Å²) in [7, 11) is 0. The van der Waals surface area contributed by atoms with E-state index < -0.39 is 30.1 Å². The Hall–Kier alpha value is -4.92. The molecule has 2 saturated heterocycles. The van der Waals surface area contributed by atoms with Crippen molar-refractivity contribution in [3.8, 4) is 28.4 Å². The second kappa shape index (κ2) is 12.9. The van der Waals surface area contributed by atoms with E-state index in [1.165, 1.54) is 47.3 Å². The van der Waals surface area contributed by atoms with E-state index in [1.807, 2.05) is 4.90 Å². The summed E-state index contributed by atoms with van der Waals surface area (Å²) in [6, 6.07) is 10.7. The van der Waals surface area contributed by atoms with E-state index in [-0.39, 0.29) is 34.2 Å². The van der Waals surface area contributed by atoms with Gasteiger partial charge in [-0.1, -0.05) is 12.1 Å². The van der Waals surface area contributed by atoms with Crippen LogP contribution in [0.4, 0.5) is 29.3 Å². The van der Waals surface area contributed by atoms with Gasteiger partial charge in [-0.2, -0.15) is 28.2 Å². The van der Waals surface area contributed by atoms with E-state index in [0.29, 0.717) is 68.1 Å². The first-order chi connectivity index (χ1) is 22.8. The lowest BCUT2D eigenvalue weighted by Gasteiger charge is -2.39. The molecule has 0 radical (unpaired) electrons. The number of halogens is 4. The van der Waals surface area contributed by atoms with Crippen LogP contribution in [0.3, 0.4) is 0 Å². The van der Waals surface area contributed by atoms with Crippen molar-refractivity contribution >= 4 is 17.7 Å². The average molecular weight is 670 g/mol. The number of ether oxygens (including phenoxy) is 2. The fourth-order valence-corrected chi connectivity index (χ4v) is 6.43. The minimum atomic E-state index is -4.90. The molecule has 4 aromatic rings. The number of nitrogens with one attached hydrogen (secondary N) is 1. The molecule has 0 amide bonds. The second-order valence-corrected chi connectivity index (χ2v) is 12.2. The van der Waals surface area contributed by atoms with Gasteiger partial charge in [0, 0.05) is 43.5 Å². The van der Waals surface area contributed by atoms with Crippen molar-refractivity contribution in [2.75, 3.05) is 36.9 Å². The molecular formula is C33H35F4N7O4. The fraction of sp³-hybridized carbons (Fsp3) is 0.394. The fourth-order valence-electron chi connectivity index (χ4n) is 6.43. The summed E-state index contributed by atoms with van der Waals surface area (Å²) in [6.07, 6.45) is -4.00. The van der Waals surface area contributed by atoms with E-state index in [1.54, 1.807) is 26.0 Å². The summed E-state index contributed by atoms with van der Waals surface area (Å²) in [5.41, 5.74) is 7.02. The molecule has 1 spiro atoms. The molecule has 4 heterocycles.